The van der Waals surface area contributed by atoms with Crippen LogP contribution in [0, 0.1) is 0 Å². The van der Waals surface area contributed by atoms with Crippen LogP contribution in [0.1, 0.15) is 12.8 Å². The smallest absolute Gasteiger partial charge is 0.148 e. The average Bonchev–Trinajstić information content (AvgIpc) is 2.68. The Morgan fingerprint density at radius 1 is 1.08 bits per heavy atom. The van der Waals surface area contributed by atoms with E-state index in [4.69, 9.17) is 4.74 Å². The Hall–Kier alpha value is -2.66. The molecule has 1 fully saturated rings. The van der Waals surface area contributed by atoms with Crippen molar-refractivity contribution in [1.82, 2.24) is 15.1 Å². The molecule has 3 aromatic rings. The lowest BCUT2D eigenvalue weighted by molar-refractivity contribution is 0.260. The molecule has 134 valence electrons. The summed E-state index contributed by atoms with van der Waals surface area (Å²) in [7, 11) is 3.85. The largest absolute Gasteiger partial charge is 0.496 e. The van der Waals surface area contributed by atoms with Crippen molar-refractivity contribution in [2.75, 3.05) is 32.6 Å². The Labute approximate surface area is 154 Å². The summed E-state index contributed by atoms with van der Waals surface area (Å²) in [6, 6.07) is 16.8. The van der Waals surface area contributed by atoms with Gasteiger partial charge in [0.25, 0.3) is 0 Å². The molecule has 1 saturated heterocycles. The first-order valence-electron chi connectivity index (χ1n) is 9.09. The average molecular weight is 348 g/mol. The first-order valence-corrected chi connectivity index (χ1v) is 9.09. The van der Waals surface area contributed by atoms with Crippen LogP contribution in [0.15, 0.2) is 48.5 Å². The van der Waals surface area contributed by atoms with Crippen molar-refractivity contribution < 1.29 is 4.74 Å². The highest BCUT2D eigenvalue weighted by Crippen LogP contribution is 2.35. The third-order valence-corrected chi connectivity index (χ3v) is 5.01. The Morgan fingerprint density at radius 3 is 2.73 bits per heavy atom. The summed E-state index contributed by atoms with van der Waals surface area (Å²) >= 11 is 0. The maximum atomic E-state index is 5.58. The number of nitrogens with zero attached hydrogens (tertiary/aromatic N) is 3. The van der Waals surface area contributed by atoms with Gasteiger partial charge in [-0.05, 0) is 55.4 Å². The fourth-order valence-corrected chi connectivity index (χ4v) is 3.72. The summed E-state index contributed by atoms with van der Waals surface area (Å²) in [6.45, 7) is 2.21. The zero-order valence-electron chi connectivity index (χ0n) is 15.3. The highest BCUT2D eigenvalue weighted by molar-refractivity contribution is 5.98. The number of benzene rings is 2. The van der Waals surface area contributed by atoms with Gasteiger partial charge < -0.3 is 15.0 Å². The number of fused-ring (bicyclic) bond motifs is 1. The minimum absolute atomic E-state index is 0.431. The number of likely N-dealkylation sites (N-methyl/N-ethyl adjacent to an activating group) is 1. The van der Waals surface area contributed by atoms with Gasteiger partial charge in [-0.25, -0.2) is 0 Å². The summed E-state index contributed by atoms with van der Waals surface area (Å²) in [5, 5.41) is 14.7. The number of hydrogen-bond donors (Lipinski definition) is 1. The number of anilines is 1. The second-order valence-corrected chi connectivity index (χ2v) is 6.91. The number of hydrogen-bond acceptors (Lipinski definition) is 5. The molecule has 0 saturated carbocycles. The Morgan fingerprint density at radius 2 is 1.96 bits per heavy atom. The molecule has 2 heterocycles. The van der Waals surface area contributed by atoms with Crippen LogP contribution in [-0.4, -0.2) is 48.4 Å². The quantitative estimate of drug-likeness (QED) is 0.777. The van der Waals surface area contributed by atoms with Crippen molar-refractivity contribution in [3.63, 3.8) is 0 Å². The van der Waals surface area contributed by atoms with Crippen molar-refractivity contribution in [3.8, 4) is 17.0 Å². The van der Waals surface area contributed by atoms with E-state index in [0.29, 0.717) is 6.04 Å². The van der Waals surface area contributed by atoms with Gasteiger partial charge in [0.2, 0.25) is 0 Å². The van der Waals surface area contributed by atoms with Gasteiger partial charge in [0.05, 0.1) is 18.4 Å². The molecule has 1 aliphatic heterocycles. The number of piperidine rings is 1. The van der Waals surface area contributed by atoms with Crippen LogP contribution in [0.2, 0.25) is 0 Å². The Bertz CT molecular complexity index is 894. The summed E-state index contributed by atoms with van der Waals surface area (Å²) in [4.78, 5) is 2.35. The third-order valence-electron chi connectivity index (χ3n) is 5.01. The molecule has 1 aliphatic rings. The Balaban J connectivity index is 1.64. The predicted octanol–water partition coefficient (Wildman–Crippen LogP) is 3.81. The monoisotopic (exact) mass is 348 g/mol. The molecule has 0 radical (unpaired) electrons. The number of methoxy groups -OCH3 is 1. The van der Waals surface area contributed by atoms with Crippen LogP contribution in [0.25, 0.3) is 22.0 Å². The minimum Gasteiger partial charge on any atom is -0.496 e. The molecule has 1 N–H and O–H groups in total. The molecule has 5 nitrogen and oxygen atoms in total. The van der Waals surface area contributed by atoms with Gasteiger partial charge in [-0.15, -0.1) is 10.2 Å². The number of likely N-dealkylation sites (tertiary alicyclic amines) is 1. The summed E-state index contributed by atoms with van der Waals surface area (Å²) in [5.41, 5.74) is 1.81. The first-order chi connectivity index (χ1) is 12.7. The molecule has 5 heteroatoms. The fraction of sp³-hybridized carbons (Fsp3) is 0.333. The van der Waals surface area contributed by atoms with Crippen molar-refractivity contribution in [2.45, 2.75) is 18.9 Å². The highest BCUT2D eigenvalue weighted by atomic mass is 16.5. The van der Waals surface area contributed by atoms with Crippen LogP contribution < -0.4 is 10.1 Å². The Kier molecular flexibility index (Phi) is 4.71. The topological polar surface area (TPSA) is 50.3 Å². The number of ether oxygens (including phenoxy) is 1. The molecule has 4 rings (SSSR count). The van der Waals surface area contributed by atoms with Gasteiger partial charge in [-0.2, -0.15) is 0 Å². The van der Waals surface area contributed by atoms with E-state index in [1.807, 2.05) is 30.3 Å². The number of nitrogens with one attached hydrogen (secondary N) is 1. The maximum absolute atomic E-state index is 5.58. The van der Waals surface area contributed by atoms with Gasteiger partial charge in [0, 0.05) is 12.6 Å². The van der Waals surface area contributed by atoms with E-state index in [-0.39, 0.29) is 0 Å². The molecule has 2 aromatic carbocycles. The lowest BCUT2D eigenvalue weighted by Gasteiger charge is -2.30. The molecule has 0 unspecified atom stereocenters. The van der Waals surface area contributed by atoms with E-state index in [2.05, 4.69) is 45.7 Å². The second-order valence-electron chi connectivity index (χ2n) is 6.91. The van der Waals surface area contributed by atoms with Crippen molar-refractivity contribution in [2.24, 2.45) is 0 Å². The molecular weight excluding hydrogens is 324 g/mol. The van der Waals surface area contributed by atoms with Gasteiger partial charge in [-0.3, -0.25) is 0 Å². The van der Waals surface area contributed by atoms with Gasteiger partial charge in [0.1, 0.15) is 11.6 Å². The zero-order chi connectivity index (χ0) is 17.9. The van der Waals surface area contributed by atoms with Crippen LogP contribution in [0.5, 0.6) is 5.75 Å². The third kappa shape index (κ3) is 3.35. The molecule has 0 bridgehead atoms. The van der Waals surface area contributed by atoms with Crippen LogP contribution in [-0.2, 0) is 0 Å². The van der Waals surface area contributed by atoms with Crippen LogP contribution in [0.4, 0.5) is 5.82 Å². The first kappa shape index (κ1) is 16.8. The SMILES string of the molecule is COc1ccc2ccccc2c1-c1ccc(N[C@@H]2CCCN(C)C2)nn1. The highest BCUT2D eigenvalue weighted by Gasteiger charge is 2.18. The van der Waals surface area contributed by atoms with E-state index >= 15 is 0 Å². The van der Waals surface area contributed by atoms with Gasteiger partial charge in [0.15, 0.2) is 0 Å². The van der Waals surface area contributed by atoms with E-state index in [0.717, 1.165) is 40.1 Å². The summed E-state index contributed by atoms with van der Waals surface area (Å²) in [6.07, 6.45) is 2.39. The molecule has 1 atom stereocenters. The van der Waals surface area contributed by atoms with Crippen molar-refractivity contribution >= 4 is 16.6 Å². The summed E-state index contributed by atoms with van der Waals surface area (Å²) < 4.78 is 5.58. The van der Waals surface area contributed by atoms with Crippen LogP contribution in [0.3, 0.4) is 0 Å². The van der Waals surface area contributed by atoms with E-state index in [9.17, 15) is 0 Å². The molecule has 0 spiro atoms. The summed E-state index contributed by atoms with van der Waals surface area (Å²) in [5.74, 6) is 1.64. The van der Waals surface area contributed by atoms with E-state index in [1.54, 1.807) is 7.11 Å². The molecule has 1 aromatic heterocycles. The maximum Gasteiger partial charge on any atom is 0.148 e. The minimum atomic E-state index is 0.431. The molecule has 0 amide bonds. The van der Waals surface area contributed by atoms with Gasteiger partial charge >= 0.3 is 0 Å². The molecule has 0 aliphatic carbocycles. The second kappa shape index (κ2) is 7.30. The lowest BCUT2D eigenvalue weighted by Crippen LogP contribution is -2.39. The normalized spacial score (nSPS) is 18.0. The molecule has 26 heavy (non-hydrogen) atoms. The standard InChI is InChI=1S/C21H24N4O/c1-25-13-5-7-16(14-25)22-20-12-10-18(23-24-20)21-17-8-4-3-6-15(17)9-11-19(21)26-2/h3-4,6,8-12,16H,5,7,13-14H2,1-2H3,(H,22,24)/t16-/m1/s1. The number of aromatic nitrogens is 2. The van der Waals surface area contributed by atoms with Crippen molar-refractivity contribution in [3.05, 3.63) is 48.5 Å². The predicted molar refractivity (Wildman–Crippen MR) is 106 cm³/mol. The van der Waals surface area contributed by atoms with Gasteiger partial charge in [-0.1, -0.05) is 30.3 Å². The van der Waals surface area contributed by atoms with E-state index < -0.39 is 0 Å². The fourth-order valence-electron chi connectivity index (χ4n) is 3.72. The molecular formula is C21H24N4O. The lowest BCUT2D eigenvalue weighted by atomic mass is 10.0. The van der Waals surface area contributed by atoms with E-state index in [1.165, 1.54) is 19.4 Å². The van der Waals surface area contributed by atoms with Crippen molar-refractivity contribution in [1.29, 1.82) is 0 Å². The van der Waals surface area contributed by atoms with Crippen LogP contribution >= 0.6 is 0 Å². The zero-order valence-corrected chi connectivity index (χ0v) is 15.3. The number of rotatable bonds is 4.